The molecule has 6 nitrogen and oxygen atoms in total. The summed E-state index contributed by atoms with van der Waals surface area (Å²) >= 11 is 0. The molecule has 0 bridgehead atoms. The van der Waals surface area contributed by atoms with Crippen molar-refractivity contribution < 1.29 is 14.7 Å². The first-order valence-corrected chi connectivity index (χ1v) is 7.70. The molecular formula is C18H18N2O4. The van der Waals surface area contributed by atoms with Gasteiger partial charge in [0.05, 0.1) is 0 Å². The van der Waals surface area contributed by atoms with Crippen LogP contribution in [0.4, 0.5) is 0 Å². The molecule has 124 valence electrons. The fourth-order valence-electron chi connectivity index (χ4n) is 3.21. The van der Waals surface area contributed by atoms with Gasteiger partial charge >= 0.3 is 5.97 Å². The van der Waals surface area contributed by atoms with Gasteiger partial charge in [-0.3, -0.25) is 14.4 Å². The summed E-state index contributed by atoms with van der Waals surface area (Å²) in [6.45, 7) is 0.428. The molecule has 0 saturated carbocycles. The highest BCUT2D eigenvalue weighted by molar-refractivity contribution is 5.94. The van der Waals surface area contributed by atoms with Crippen molar-refractivity contribution in [1.29, 1.82) is 0 Å². The Bertz CT molecular complexity index is 844. The number of pyridine rings is 1. The molecule has 1 aliphatic heterocycles. The van der Waals surface area contributed by atoms with Gasteiger partial charge in [0.2, 0.25) is 0 Å². The molecule has 1 aromatic carbocycles. The van der Waals surface area contributed by atoms with Crippen molar-refractivity contribution in [2.24, 2.45) is 7.05 Å². The van der Waals surface area contributed by atoms with E-state index in [4.69, 9.17) is 0 Å². The number of carboxylic acid groups (broad SMARTS) is 1. The molecule has 1 saturated heterocycles. The van der Waals surface area contributed by atoms with Crippen LogP contribution in [0.25, 0.3) is 0 Å². The zero-order valence-corrected chi connectivity index (χ0v) is 13.3. The van der Waals surface area contributed by atoms with Gasteiger partial charge in [0, 0.05) is 26.2 Å². The Morgan fingerprint density at radius 3 is 2.46 bits per heavy atom. The van der Waals surface area contributed by atoms with E-state index in [1.165, 1.54) is 28.6 Å². The lowest BCUT2D eigenvalue weighted by Gasteiger charge is -2.25. The first-order chi connectivity index (χ1) is 11.5. The van der Waals surface area contributed by atoms with E-state index in [0.717, 1.165) is 0 Å². The van der Waals surface area contributed by atoms with Gasteiger partial charge in [-0.2, -0.15) is 0 Å². The fraction of sp³-hybridized carbons (Fsp3) is 0.278. The van der Waals surface area contributed by atoms with E-state index in [1.54, 1.807) is 30.3 Å². The standard InChI is InChI=1S/C18H18N2O4/c1-19-14(8-5-9-15(19)21)16(22)20-11-10-18(12-20,17(23)24)13-6-3-2-4-7-13/h2-9H,10-12H2,1H3,(H,23,24). The Balaban J connectivity index is 1.94. The number of hydrogen-bond donors (Lipinski definition) is 1. The molecule has 1 amide bonds. The fourth-order valence-corrected chi connectivity index (χ4v) is 3.21. The van der Waals surface area contributed by atoms with Crippen LogP contribution in [-0.4, -0.2) is 39.5 Å². The van der Waals surface area contributed by atoms with Crippen LogP contribution in [0.1, 0.15) is 22.5 Å². The van der Waals surface area contributed by atoms with E-state index < -0.39 is 11.4 Å². The quantitative estimate of drug-likeness (QED) is 0.921. The second kappa shape index (κ2) is 5.96. The average molecular weight is 326 g/mol. The highest BCUT2D eigenvalue weighted by Gasteiger charge is 2.47. The van der Waals surface area contributed by atoms with Crippen molar-refractivity contribution in [3.05, 3.63) is 70.1 Å². The molecule has 0 aliphatic carbocycles. The molecule has 1 atom stereocenters. The number of aliphatic carboxylic acids is 1. The zero-order chi connectivity index (χ0) is 17.3. The lowest BCUT2D eigenvalue weighted by molar-refractivity contribution is -0.143. The summed E-state index contributed by atoms with van der Waals surface area (Å²) < 4.78 is 1.28. The average Bonchev–Trinajstić information content (AvgIpc) is 3.04. The third-order valence-corrected chi connectivity index (χ3v) is 4.70. The van der Waals surface area contributed by atoms with Gasteiger partial charge in [-0.15, -0.1) is 0 Å². The molecule has 6 heteroatoms. The van der Waals surface area contributed by atoms with E-state index in [9.17, 15) is 19.5 Å². The minimum atomic E-state index is -1.11. The summed E-state index contributed by atoms with van der Waals surface area (Å²) in [5, 5.41) is 9.79. The maximum Gasteiger partial charge on any atom is 0.316 e. The Morgan fingerprint density at radius 2 is 1.79 bits per heavy atom. The molecular weight excluding hydrogens is 308 g/mol. The zero-order valence-electron chi connectivity index (χ0n) is 13.3. The first-order valence-electron chi connectivity index (χ1n) is 7.70. The Kier molecular flexibility index (Phi) is 3.97. The molecule has 2 heterocycles. The predicted octanol–water partition coefficient (Wildman–Crippen LogP) is 1.25. The van der Waals surface area contributed by atoms with Crippen LogP contribution in [0.2, 0.25) is 0 Å². The number of hydrogen-bond acceptors (Lipinski definition) is 3. The van der Waals surface area contributed by atoms with Crippen LogP contribution < -0.4 is 5.56 Å². The third kappa shape index (κ3) is 2.50. The second-order valence-electron chi connectivity index (χ2n) is 6.04. The van der Waals surface area contributed by atoms with Crippen molar-refractivity contribution in [3.8, 4) is 0 Å². The van der Waals surface area contributed by atoms with Gasteiger partial charge in [0.15, 0.2) is 0 Å². The van der Waals surface area contributed by atoms with E-state index in [2.05, 4.69) is 0 Å². The van der Waals surface area contributed by atoms with Crippen molar-refractivity contribution in [3.63, 3.8) is 0 Å². The van der Waals surface area contributed by atoms with Gasteiger partial charge in [0.25, 0.3) is 11.5 Å². The highest BCUT2D eigenvalue weighted by Crippen LogP contribution is 2.35. The van der Waals surface area contributed by atoms with Crippen LogP contribution in [0.3, 0.4) is 0 Å². The number of amides is 1. The molecule has 1 unspecified atom stereocenters. The van der Waals surface area contributed by atoms with Crippen LogP contribution in [0.5, 0.6) is 0 Å². The topological polar surface area (TPSA) is 79.6 Å². The summed E-state index contributed by atoms with van der Waals surface area (Å²) in [7, 11) is 1.54. The van der Waals surface area contributed by atoms with Crippen molar-refractivity contribution in [2.75, 3.05) is 13.1 Å². The first kappa shape index (κ1) is 16.0. The smallest absolute Gasteiger partial charge is 0.316 e. The van der Waals surface area contributed by atoms with Crippen LogP contribution in [-0.2, 0) is 17.3 Å². The highest BCUT2D eigenvalue weighted by atomic mass is 16.4. The van der Waals surface area contributed by atoms with Crippen molar-refractivity contribution >= 4 is 11.9 Å². The molecule has 1 N–H and O–H groups in total. The third-order valence-electron chi connectivity index (χ3n) is 4.70. The largest absolute Gasteiger partial charge is 0.481 e. The summed E-state index contributed by atoms with van der Waals surface area (Å²) in [5.74, 6) is -1.26. The summed E-state index contributed by atoms with van der Waals surface area (Å²) in [5.41, 5.74) is -0.427. The lowest BCUT2D eigenvalue weighted by Crippen LogP contribution is -2.41. The van der Waals surface area contributed by atoms with Gasteiger partial charge in [-0.1, -0.05) is 36.4 Å². The SMILES string of the molecule is Cn1c(C(=O)N2CCC(C(=O)O)(c3ccccc3)C2)cccc1=O. The van der Waals surface area contributed by atoms with E-state index >= 15 is 0 Å². The minimum absolute atomic E-state index is 0.0915. The Labute approximate surface area is 139 Å². The molecule has 1 aliphatic rings. The Morgan fingerprint density at radius 1 is 1.08 bits per heavy atom. The monoisotopic (exact) mass is 326 g/mol. The maximum absolute atomic E-state index is 12.7. The summed E-state index contributed by atoms with van der Waals surface area (Å²) in [6, 6.07) is 13.5. The van der Waals surface area contributed by atoms with E-state index in [0.29, 0.717) is 18.5 Å². The number of carbonyl (C=O) groups is 2. The van der Waals surface area contributed by atoms with Crippen LogP contribution >= 0.6 is 0 Å². The van der Waals surface area contributed by atoms with Gasteiger partial charge in [-0.25, -0.2) is 0 Å². The molecule has 0 radical (unpaired) electrons. The van der Waals surface area contributed by atoms with E-state index in [1.807, 2.05) is 6.07 Å². The number of likely N-dealkylation sites (tertiary alicyclic amines) is 1. The van der Waals surface area contributed by atoms with Crippen LogP contribution in [0.15, 0.2) is 53.3 Å². The van der Waals surface area contributed by atoms with Crippen molar-refractivity contribution in [2.45, 2.75) is 11.8 Å². The Hall–Kier alpha value is -2.89. The minimum Gasteiger partial charge on any atom is -0.481 e. The number of carboxylic acids is 1. The summed E-state index contributed by atoms with van der Waals surface area (Å²) in [6.07, 6.45) is 0.346. The number of aromatic nitrogens is 1. The molecule has 24 heavy (non-hydrogen) atoms. The number of nitrogens with zero attached hydrogens (tertiary/aromatic N) is 2. The molecule has 0 spiro atoms. The summed E-state index contributed by atoms with van der Waals surface area (Å²) in [4.78, 5) is 37.9. The molecule has 3 rings (SSSR count). The van der Waals surface area contributed by atoms with Crippen LogP contribution in [0, 0.1) is 0 Å². The van der Waals surface area contributed by atoms with Gasteiger partial charge in [-0.05, 0) is 18.1 Å². The number of benzene rings is 1. The normalized spacial score (nSPS) is 20.1. The van der Waals surface area contributed by atoms with Gasteiger partial charge in [0.1, 0.15) is 11.1 Å². The second-order valence-corrected chi connectivity index (χ2v) is 6.04. The predicted molar refractivity (Wildman–Crippen MR) is 88.0 cm³/mol. The molecule has 2 aromatic rings. The maximum atomic E-state index is 12.7. The number of rotatable bonds is 3. The van der Waals surface area contributed by atoms with Gasteiger partial charge < -0.3 is 14.6 Å². The van der Waals surface area contributed by atoms with E-state index in [-0.39, 0.29) is 23.7 Å². The molecule has 1 fully saturated rings. The number of carbonyl (C=O) groups excluding carboxylic acids is 1. The lowest BCUT2D eigenvalue weighted by atomic mass is 9.80. The molecule has 1 aromatic heterocycles. The van der Waals surface area contributed by atoms with Crippen molar-refractivity contribution in [1.82, 2.24) is 9.47 Å².